The first-order chi connectivity index (χ1) is 8.74. The Morgan fingerprint density at radius 3 is 2.63 bits per heavy atom. The fourth-order valence-electron chi connectivity index (χ4n) is 2.38. The summed E-state index contributed by atoms with van der Waals surface area (Å²) in [7, 11) is 0. The van der Waals surface area contributed by atoms with Gasteiger partial charge in [-0.15, -0.1) is 0 Å². The first-order valence-electron chi connectivity index (χ1n) is 7.13. The SMILES string of the molecule is CC[C@H](C)[C@H]1CNC[C@@H](NC(=O)OC(C)(C)C)[C@@H]1O. The summed E-state index contributed by atoms with van der Waals surface area (Å²) >= 11 is 0. The second-order valence-electron chi connectivity index (χ2n) is 6.45. The number of hydrogen-bond donors (Lipinski definition) is 3. The van der Waals surface area contributed by atoms with Crippen molar-refractivity contribution >= 4 is 6.09 Å². The molecule has 1 heterocycles. The van der Waals surface area contributed by atoms with Crippen LogP contribution >= 0.6 is 0 Å². The molecule has 4 atom stereocenters. The molecule has 112 valence electrons. The summed E-state index contributed by atoms with van der Waals surface area (Å²) in [5.41, 5.74) is -0.521. The smallest absolute Gasteiger partial charge is 0.408 e. The predicted molar refractivity (Wildman–Crippen MR) is 75.0 cm³/mol. The van der Waals surface area contributed by atoms with E-state index in [1.54, 1.807) is 0 Å². The molecular weight excluding hydrogens is 244 g/mol. The van der Waals surface area contributed by atoms with Crippen LogP contribution < -0.4 is 10.6 Å². The van der Waals surface area contributed by atoms with Gasteiger partial charge in [0, 0.05) is 19.0 Å². The number of rotatable bonds is 3. The Morgan fingerprint density at radius 1 is 1.47 bits per heavy atom. The molecular formula is C14H28N2O3. The lowest BCUT2D eigenvalue weighted by molar-refractivity contribution is 0.00889. The molecule has 5 nitrogen and oxygen atoms in total. The van der Waals surface area contributed by atoms with E-state index in [4.69, 9.17) is 4.74 Å². The minimum absolute atomic E-state index is 0.165. The molecule has 1 saturated heterocycles. The summed E-state index contributed by atoms with van der Waals surface area (Å²) in [6.07, 6.45) is 0.0228. The van der Waals surface area contributed by atoms with Gasteiger partial charge in [-0.3, -0.25) is 0 Å². The molecule has 5 heteroatoms. The van der Waals surface area contributed by atoms with Gasteiger partial charge in [0.1, 0.15) is 5.60 Å². The number of amides is 1. The van der Waals surface area contributed by atoms with Gasteiger partial charge in [-0.25, -0.2) is 4.79 Å². The number of nitrogens with one attached hydrogen (secondary N) is 2. The van der Waals surface area contributed by atoms with Gasteiger partial charge in [-0.05, 0) is 26.7 Å². The van der Waals surface area contributed by atoms with E-state index < -0.39 is 17.8 Å². The molecule has 0 aromatic rings. The zero-order chi connectivity index (χ0) is 14.6. The Balaban J connectivity index is 2.56. The second kappa shape index (κ2) is 6.57. The Kier molecular flexibility index (Phi) is 5.62. The Morgan fingerprint density at radius 2 is 2.11 bits per heavy atom. The van der Waals surface area contributed by atoms with Gasteiger partial charge in [0.05, 0.1) is 12.1 Å². The van der Waals surface area contributed by atoms with Crippen LogP contribution in [-0.2, 0) is 4.74 Å². The quantitative estimate of drug-likeness (QED) is 0.728. The third-order valence-electron chi connectivity index (χ3n) is 3.67. The number of carbonyl (C=O) groups excluding carboxylic acids is 1. The summed E-state index contributed by atoms with van der Waals surface area (Å²) in [4.78, 5) is 11.7. The predicted octanol–water partition coefficient (Wildman–Crippen LogP) is 1.51. The van der Waals surface area contributed by atoms with Crippen LogP contribution in [0.5, 0.6) is 0 Å². The van der Waals surface area contributed by atoms with E-state index in [-0.39, 0.29) is 12.0 Å². The van der Waals surface area contributed by atoms with Crippen LogP contribution in [0, 0.1) is 11.8 Å². The van der Waals surface area contributed by atoms with Crippen LogP contribution in [0.3, 0.4) is 0 Å². The Hall–Kier alpha value is -0.810. The number of ether oxygens (including phenoxy) is 1. The molecule has 0 radical (unpaired) electrons. The topological polar surface area (TPSA) is 70.6 Å². The zero-order valence-corrected chi connectivity index (χ0v) is 12.7. The number of hydrogen-bond acceptors (Lipinski definition) is 4. The zero-order valence-electron chi connectivity index (χ0n) is 12.7. The van der Waals surface area contributed by atoms with E-state index in [9.17, 15) is 9.90 Å². The molecule has 1 rings (SSSR count). The molecule has 1 fully saturated rings. The third kappa shape index (κ3) is 4.99. The minimum atomic E-state index is -0.524. The third-order valence-corrected chi connectivity index (χ3v) is 3.67. The largest absolute Gasteiger partial charge is 0.444 e. The van der Waals surface area contributed by atoms with Crippen molar-refractivity contribution in [1.29, 1.82) is 0 Å². The van der Waals surface area contributed by atoms with Gasteiger partial charge in [-0.1, -0.05) is 20.3 Å². The summed E-state index contributed by atoms with van der Waals surface area (Å²) in [6.45, 7) is 11.1. The van der Waals surface area contributed by atoms with Crippen LogP contribution in [0.1, 0.15) is 41.0 Å². The van der Waals surface area contributed by atoms with Crippen molar-refractivity contribution in [3.63, 3.8) is 0 Å². The van der Waals surface area contributed by atoms with Crippen molar-refractivity contribution in [2.24, 2.45) is 11.8 Å². The van der Waals surface area contributed by atoms with Crippen LogP contribution in [0.25, 0.3) is 0 Å². The lowest BCUT2D eigenvalue weighted by Gasteiger charge is -2.38. The maximum absolute atomic E-state index is 11.7. The Bertz CT molecular complexity index is 302. The van der Waals surface area contributed by atoms with Crippen LogP contribution in [0.15, 0.2) is 0 Å². The molecule has 0 aromatic heterocycles. The highest BCUT2D eigenvalue weighted by Gasteiger charge is 2.35. The highest BCUT2D eigenvalue weighted by Crippen LogP contribution is 2.23. The number of aliphatic hydroxyl groups is 1. The fourth-order valence-corrected chi connectivity index (χ4v) is 2.38. The average Bonchev–Trinajstić information content (AvgIpc) is 2.28. The van der Waals surface area contributed by atoms with E-state index in [2.05, 4.69) is 24.5 Å². The molecule has 0 aromatic carbocycles. The van der Waals surface area contributed by atoms with Crippen molar-refractivity contribution in [2.75, 3.05) is 13.1 Å². The monoisotopic (exact) mass is 272 g/mol. The summed E-state index contributed by atoms with van der Waals surface area (Å²) in [6, 6.07) is -0.289. The lowest BCUT2D eigenvalue weighted by Crippen LogP contribution is -2.59. The Labute approximate surface area is 116 Å². The first kappa shape index (κ1) is 16.2. The van der Waals surface area contributed by atoms with Crippen LogP contribution in [-0.4, -0.2) is 42.0 Å². The standard InChI is InChI=1S/C14H28N2O3/c1-6-9(2)10-7-15-8-11(12(10)17)16-13(18)19-14(3,4)5/h9-12,15,17H,6-8H2,1-5H3,(H,16,18)/t9-,10+,11+,12+/m0/s1. The number of alkyl carbamates (subject to hydrolysis) is 1. The summed E-state index contributed by atoms with van der Waals surface area (Å²) in [5, 5.41) is 16.4. The van der Waals surface area contributed by atoms with Crippen molar-refractivity contribution in [3.05, 3.63) is 0 Å². The van der Waals surface area contributed by atoms with Gasteiger partial charge in [0.2, 0.25) is 0 Å². The molecule has 0 spiro atoms. The van der Waals surface area contributed by atoms with E-state index in [0.717, 1.165) is 13.0 Å². The van der Waals surface area contributed by atoms with Crippen LogP contribution in [0.2, 0.25) is 0 Å². The fraction of sp³-hybridized carbons (Fsp3) is 0.929. The van der Waals surface area contributed by atoms with Crippen LogP contribution in [0.4, 0.5) is 4.79 Å². The van der Waals surface area contributed by atoms with Gasteiger partial charge < -0.3 is 20.5 Å². The summed E-state index contributed by atoms with van der Waals surface area (Å²) in [5.74, 6) is 0.587. The lowest BCUT2D eigenvalue weighted by atomic mass is 9.81. The molecule has 1 aliphatic rings. The van der Waals surface area contributed by atoms with Gasteiger partial charge in [0.15, 0.2) is 0 Å². The highest BCUT2D eigenvalue weighted by molar-refractivity contribution is 5.68. The normalized spacial score (nSPS) is 29.7. The molecule has 19 heavy (non-hydrogen) atoms. The van der Waals surface area contributed by atoms with Crippen molar-refractivity contribution in [2.45, 2.75) is 58.8 Å². The first-order valence-corrected chi connectivity index (χ1v) is 7.13. The van der Waals surface area contributed by atoms with Gasteiger partial charge in [-0.2, -0.15) is 0 Å². The maximum atomic E-state index is 11.7. The molecule has 0 unspecified atom stereocenters. The van der Waals surface area contributed by atoms with Crippen molar-refractivity contribution < 1.29 is 14.6 Å². The highest BCUT2D eigenvalue weighted by atomic mass is 16.6. The van der Waals surface area contributed by atoms with E-state index in [1.165, 1.54) is 0 Å². The molecule has 0 aliphatic carbocycles. The van der Waals surface area contributed by atoms with Gasteiger partial charge in [0.25, 0.3) is 0 Å². The van der Waals surface area contributed by atoms with E-state index >= 15 is 0 Å². The number of carbonyl (C=O) groups is 1. The molecule has 3 N–H and O–H groups in total. The second-order valence-corrected chi connectivity index (χ2v) is 6.45. The van der Waals surface area contributed by atoms with Gasteiger partial charge >= 0.3 is 6.09 Å². The average molecular weight is 272 g/mol. The van der Waals surface area contributed by atoms with Crippen molar-refractivity contribution in [1.82, 2.24) is 10.6 Å². The molecule has 0 bridgehead atoms. The molecule has 1 amide bonds. The van der Waals surface area contributed by atoms with E-state index in [1.807, 2.05) is 20.8 Å². The van der Waals surface area contributed by atoms with Crippen molar-refractivity contribution in [3.8, 4) is 0 Å². The maximum Gasteiger partial charge on any atom is 0.408 e. The number of piperidine rings is 1. The molecule has 1 aliphatic heterocycles. The molecule has 0 saturated carbocycles. The minimum Gasteiger partial charge on any atom is -0.444 e. The van der Waals surface area contributed by atoms with E-state index in [0.29, 0.717) is 12.5 Å². The summed E-state index contributed by atoms with van der Waals surface area (Å²) < 4.78 is 5.22. The number of aliphatic hydroxyl groups excluding tert-OH is 1.